The SMILES string of the molecule is O=C(OC1SCSCS1)C(=O)OC1SCSCS1. The van der Waals surface area contributed by atoms with E-state index >= 15 is 0 Å². The fourth-order valence-corrected chi connectivity index (χ4v) is 9.46. The lowest BCUT2D eigenvalue weighted by molar-refractivity contribution is -0.166. The number of thioether (sulfide) groups is 6. The van der Waals surface area contributed by atoms with E-state index in [1.54, 1.807) is 23.5 Å². The Morgan fingerprint density at radius 1 is 0.722 bits per heavy atom. The summed E-state index contributed by atoms with van der Waals surface area (Å²) >= 11 is 9.61. The largest absolute Gasteiger partial charge is 0.432 e. The van der Waals surface area contributed by atoms with Crippen molar-refractivity contribution in [3.05, 3.63) is 0 Å². The first-order valence-corrected chi connectivity index (χ1v) is 11.3. The number of hydrogen-bond donors (Lipinski definition) is 0. The van der Waals surface area contributed by atoms with Gasteiger partial charge in [-0.1, -0.05) is 47.0 Å². The molecule has 2 aliphatic rings. The zero-order valence-electron chi connectivity index (χ0n) is 9.07. The molecule has 2 fully saturated rings. The molecule has 0 amide bonds. The van der Waals surface area contributed by atoms with Crippen molar-refractivity contribution in [2.45, 2.75) is 9.54 Å². The maximum Gasteiger partial charge on any atom is 0.419 e. The predicted molar refractivity (Wildman–Crippen MR) is 84.8 cm³/mol. The van der Waals surface area contributed by atoms with E-state index < -0.39 is 11.9 Å². The van der Waals surface area contributed by atoms with Crippen LogP contribution in [0.4, 0.5) is 0 Å². The van der Waals surface area contributed by atoms with E-state index in [4.69, 9.17) is 9.47 Å². The molecule has 0 aromatic heterocycles. The van der Waals surface area contributed by atoms with Crippen molar-refractivity contribution in [2.24, 2.45) is 0 Å². The molecule has 0 saturated carbocycles. The second kappa shape index (κ2) is 8.35. The van der Waals surface area contributed by atoms with Gasteiger partial charge in [0.1, 0.15) is 0 Å². The molecule has 0 aromatic carbocycles. The lowest BCUT2D eigenvalue weighted by Gasteiger charge is -2.22. The highest BCUT2D eigenvalue weighted by atomic mass is 32.3. The molecule has 0 spiro atoms. The topological polar surface area (TPSA) is 52.6 Å². The Morgan fingerprint density at radius 3 is 1.39 bits per heavy atom. The van der Waals surface area contributed by atoms with Gasteiger partial charge in [0, 0.05) is 20.3 Å². The fourth-order valence-electron chi connectivity index (χ4n) is 0.986. The summed E-state index contributed by atoms with van der Waals surface area (Å²) in [5.74, 6) is -1.77. The van der Waals surface area contributed by atoms with Crippen LogP contribution < -0.4 is 0 Å². The zero-order valence-corrected chi connectivity index (χ0v) is 14.0. The smallest absolute Gasteiger partial charge is 0.419 e. The highest BCUT2D eigenvalue weighted by molar-refractivity contribution is 8.32. The van der Waals surface area contributed by atoms with Crippen LogP contribution in [0.2, 0.25) is 0 Å². The van der Waals surface area contributed by atoms with Gasteiger partial charge in [0.2, 0.25) is 0 Å². The van der Waals surface area contributed by atoms with Crippen molar-refractivity contribution < 1.29 is 19.1 Å². The third kappa shape index (κ3) is 5.20. The van der Waals surface area contributed by atoms with Crippen LogP contribution in [0.15, 0.2) is 0 Å². The molecule has 0 radical (unpaired) electrons. The third-order valence-corrected chi connectivity index (χ3v) is 9.67. The fraction of sp³-hybridized carbons (Fsp3) is 0.750. The number of hydrogen-bond acceptors (Lipinski definition) is 10. The standard InChI is InChI=1S/C8H10O4S6/c9-5(11-7-15-1-13-2-16-7)6(10)12-8-17-3-14-4-18-8/h7-8H,1-4H2. The lowest BCUT2D eigenvalue weighted by atomic mass is 10.7. The molecule has 0 N–H and O–H groups in total. The van der Waals surface area contributed by atoms with Crippen molar-refractivity contribution >= 4 is 82.5 Å². The molecule has 2 rings (SSSR count). The van der Waals surface area contributed by atoms with E-state index in [9.17, 15) is 9.59 Å². The van der Waals surface area contributed by atoms with Crippen LogP contribution in [0.1, 0.15) is 0 Å². The van der Waals surface area contributed by atoms with Gasteiger partial charge in [-0.2, -0.15) is 0 Å². The molecule has 0 aromatic rings. The minimum Gasteiger partial charge on any atom is -0.432 e. The second-order valence-electron chi connectivity index (χ2n) is 2.93. The monoisotopic (exact) mass is 362 g/mol. The van der Waals surface area contributed by atoms with Crippen LogP contribution in [-0.2, 0) is 19.1 Å². The second-order valence-corrected chi connectivity index (χ2v) is 11.2. The molecule has 18 heavy (non-hydrogen) atoms. The highest BCUT2D eigenvalue weighted by Gasteiger charge is 2.28. The first kappa shape index (κ1) is 15.4. The van der Waals surface area contributed by atoms with Gasteiger partial charge < -0.3 is 9.47 Å². The average molecular weight is 363 g/mol. The highest BCUT2D eigenvalue weighted by Crippen LogP contribution is 2.38. The first-order chi connectivity index (χ1) is 8.75. The van der Waals surface area contributed by atoms with Crippen molar-refractivity contribution in [3.8, 4) is 0 Å². The number of carbonyl (C=O) groups excluding carboxylic acids is 2. The third-order valence-electron chi connectivity index (χ3n) is 1.72. The van der Waals surface area contributed by atoms with E-state index in [1.165, 1.54) is 47.0 Å². The van der Waals surface area contributed by atoms with Gasteiger partial charge in [0.15, 0.2) is 9.54 Å². The maximum atomic E-state index is 11.5. The Hall–Kier alpha value is 1.04. The van der Waals surface area contributed by atoms with Gasteiger partial charge in [0.05, 0.1) is 0 Å². The van der Waals surface area contributed by atoms with Crippen molar-refractivity contribution in [3.63, 3.8) is 0 Å². The number of carbonyl (C=O) groups is 2. The summed E-state index contributed by atoms with van der Waals surface area (Å²) in [7, 11) is 0. The molecule has 0 bridgehead atoms. The van der Waals surface area contributed by atoms with Crippen LogP contribution in [0, 0.1) is 0 Å². The summed E-state index contributed by atoms with van der Waals surface area (Å²) in [6.45, 7) is 0. The quantitative estimate of drug-likeness (QED) is 0.541. The van der Waals surface area contributed by atoms with Gasteiger partial charge in [-0.3, -0.25) is 0 Å². The van der Waals surface area contributed by atoms with Gasteiger partial charge in [-0.25, -0.2) is 9.59 Å². The van der Waals surface area contributed by atoms with Crippen LogP contribution in [0.5, 0.6) is 0 Å². The molecular formula is C8H10O4S6. The number of esters is 2. The first-order valence-electron chi connectivity index (χ1n) is 4.79. The van der Waals surface area contributed by atoms with Crippen LogP contribution in [0.3, 0.4) is 0 Å². The van der Waals surface area contributed by atoms with E-state index in [0.29, 0.717) is 0 Å². The van der Waals surface area contributed by atoms with E-state index in [1.807, 2.05) is 0 Å². The van der Waals surface area contributed by atoms with Gasteiger partial charge in [-0.15, -0.1) is 23.5 Å². The normalized spacial score (nSPS) is 22.4. The molecule has 2 heterocycles. The summed E-state index contributed by atoms with van der Waals surface area (Å²) in [5.41, 5.74) is 0. The summed E-state index contributed by atoms with van der Waals surface area (Å²) < 4.78 is 9.57. The molecule has 0 atom stereocenters. The van der Waals surface area contributed by atoms with Crippen LogP contribution in [0.25, 0.3) is 0 Å². The minimum atomic E-state index is -0.883. The summed E-state index contributed by atoms with van der Waals surface area (Å²) in [5, 5.41) is 3.52. The molecule has 2 aliphatic heterocycles. The van der Waals surface area contributed by atoms with Gasteiger partial charge in [-0.05, 0) is 0 Å². The van der Waals surface area contributed by atoms with Crippen molar-refractivity contribution in [1.82, 2.24) is 0 Å². The molecule has 4 nitrogen and oxygen atoms in total. The molecule has 2 saturated heterocycles. The van der Waals surface area contributed by atoms with Gasteiger partial charge in [0.25, 0.3) is 0 Å². The minimum absolute atomic E-state index is 0.284. The van der Waals surface area contributed by atoms with Crippen LogP contribution >= 0.6 is 70.6 Å². The lowest BCUT2D eigenvalue weighted by Crippen LogP contribution is -2.27. The molecule has 0 unspecified atom stereocenters. The molecule has 102 valence electrons. The summed E-state index contributed by atoms with van der Waals surface area (Å²) in [4.78, 5) is 23.1. The Bertz CT molecular complexity index is 272. The van der Waals surface area contributed by atoms with E-state index in [2.05, 4.69) is 0 Å². The van der Waals surface area contributed by atoms with E-state index in [-0.39, 0.29) is 9.54 Å². The van der Waals surface area contributed by atoms with Crippen LogP contribution in [-0.4, -0.2) is 41.8 Å². The average Bonchev–Trinajstić information content (AvgIpc) is 2.41. The Morgan fingerprint density at radius 2 is 1.06 bits per heavy atom. The molecule has 10 heteroatoms. The van der Waals surface area contributed by atoms with Crippen molar-refractivity contribution in [1.29, 1.82) is 0 Å². The summed E-state index contributed by atoms with van der Waals surface area (Å²) in [6, 6.07) is 0. The predicted octanol–water partition coefficient (Wildman–Crippen LogP) is 2.90. The Labute approximate surface area is 131 Å². The number of ether oxygens (including phenoxy) is 2. The van der Waals surface area contributed by atoms with E-state index in [0.717, 1.165) is 20.3 Å². The van der Waals surface area contributed by atoms with Crippen molar-refractivity contribution in [2.75, 3.05) is 20.3 Å². The zero-order chi connectivity index (χ0) is 12.8. The Kier molecular flexibility index (Phi) is 7.16. The van der Waals surface area contributed by atoms with Gasteiger partial charge >= 0.3 is 11.9 Å². The summed E-state index contributed by atoms with van der Waals surface area (Å²) in [6.07, 6.45) is 0. The Balaban J connectivity index is 1.71. The molecular weight excluding hydrogens is 352 g/mol. The maximum absolute atomic E-state index is 11.5. The molecule has 0 aliphatic carbocycles. The number of rotatable bonds is 2.